The predicted octanol–water partition coefficient (Wildman–Crippen LogP) is 4.82. The van der Waals surface area contributed by atoms with Crippen LogP contribution in [0.3, 0.4) is 0 Å². The number of aliphatic hydroxyl groups is 1. The Kier molecular flexibility index (Phi) is 8.88. The summed E-state index contributed by atoms with van der Waals surface area (Å²) in [5, 5.41) is 9.97. The van der Waals surface area contributed by atoms with E-state index in [4.69, 9.17) is 9.47 Å². The van der Waals surface area contributed by atoms with Crippen molar-refractivity contribution in [3.05, 3.63) is 35.4 Å². The molecule has 0 aliphatic rings. The van der Waals surface area contributed by atoms with Gasteiger partial charge in [-0.05, 0) is 64.8 Å². The molecular formula is C19H32O3. The lowest BCUT2D eigenvalue weighted by molar-refractivity contribution is -0.0246. The van der Waals surface area contributed by atoms with Crippen molar-refractivity contribution in [3.8, 4) is 11.5 Å². The Balaban J connectivity index is 0.00000211. The highest BCUT2D eigenvalue weighted by molar-refractivity contribution is 5.46. The molecule has 0 saturated heterocycles. The molecule has 0 aromatic heterocycles. The van der Waals surface area contributed by atoms with E-state index in [1.807, 2.05) is 65.8 Å². The van der Waals surface area contributed by atoms with Crippen molar-refractivity contribution in [2.75, 3.05) is 6.61 Å². The molecule has 1 atom stereocenters. The molecule has 0 amide bonds. The average molecular weight is 308 g/mol. The Morgan fingerprint density at radius 3 is 2.09 bits per heavy atom. The summed E-state index contributed by atoms with van der Waals surface area (Å²) in [6, 6.07) is 3.92. The van der Waals surface area contributed by atoms with Crippen LogP contribution in [-0.4, -0.2) is 23.4 Å². The van der Waals surface area contributed by atoms with E-state index >= 15 is 0 Å². The largest absolute Gasteiger partial charge is 0.490 e. The highest BCUT2D eigenvalue weighted by Gasteiger charge is 2.25. The van der Waals surface area contributed by atoms with Crippen LogP contribution in [-0.2, 0) is 0 Å². The monoisotopic (exact) mass is 308 g/mol. The van der Waals surface area contributed by atoms with Crippen LogP contribution in [0.2, 0.25) is 0 Å². The van der Waals surface area contributed by atoms with Crippen LogP contribution in [0.5, 0.6) is 11.5 Å². The molecule has 1 rings (SSSR count). The second-order valence-corrected chi connectivity index (χ2v) is 5.68. The molecule has 0 bridgehead atoms. The number of rotatable bonds is 6. The van der Waals surface area contributed by atoms with E-state index < -0.39 is 5.60 Å². The second-order valence-electron chi connectivity index (χ2n) is 5.68. The molecule has 0 aliphatic carbocycles. The van der Waals surface area contributed by atoms with E-state index in [1.54, 1.807) is 13.8 Å². The quantitative estimate of drug-likeness (QED) is 0.766. The summed E-state index contributed by atoms with van der Waals surface area (Å²) in [6.07, 6.45) is 3.64. The zero-order valence-corrected chi connectivity index (χ0v) is 15.4. The molecule has 126 valence electrons. The van der Waals surface area contributed by atoms with Crippen LogP contribution >= 0.6 is 0 Å². The van der Waals surface area contributed by atoms with Crippen molar-refractivity contribution in [2.45, 2.75) is 67.1 Å². The fourth-order valence-corrected chi connectivity index (χ4v) is 1.74. The molecule has 0 radical (unpaired) electrons. The lowest BCUT2D eigenvalue weighted by atomic mass is 10.0. The summed E-state index contributed by atoms with van der Waals surface area (Å²) in [7, 11) is 0. The molecule has 3 heteroatoms. The maximum Gasteiger partial charge on any atom is 0.125 e. The van der Waals surface area contributed by atoms with E-state index in [-0.39, 0.29) is 6.10 Å². The molecule has 1 unspecified atom stereocenters. The normalized spacial score (nSPS) is 12.6. The zero-order valence-electron chi connectivity index (χ0n) is 15.4. The molecule has 1 N–H and O–H groups in total. The van der Waals surface area contributed by atoms with Crippen molar-refractivity contribution < 1.29 is 14.6 Å². The Hall–Kier alpha value is -1.48. The number of benzene rings is 1. The Labute approximate surface area is 136 Å². The smallest absolute Gasteiger partial charge is 0.125 e. The Bertz CT molecular complexity index is 447. The number of hydrogen-bond acceptors (Lipinski definition) is 3. The van der Waals surface area contributed by atoms with Gasteiger partial charge in [0.1, 0.15) is 24.2 Å². The van der Waals surface area contributed by atoms with Crippen molar-refractivity contribution in [1.29, 1.82) is 0 Å². The topological polar surface area (TPSA) is 38.7 Å². The standard InChI is InChI=1S/C17H26O3.C2H6/c1-7-8-9-19-15-10-12(2)16(13(3)11-15)20-14(4)17(5,6)18;1-2/h7-8,10-11,14,18H,9H2,1-6H3;1-2H3/b8-7+;. The van der Waals surface area contributed by atoms with E-state index in [0.717, 1.165) is 22.6 Å². The lowest BCUT2D eigenvalue weighted by Crippen LogP contribution is -2.38. The van der Waals surface area contributed by atoms with Gasteiger partial charge in [0.15, 0.2) is 0 Å². The SMILES string of the molecule is C/C=C/COc1cc(C)c(OC(C)C(C)(C)O)c(C)c1.CC. The molecule has 0 spiro atoms. The van der Waals surface area contributed by atoms with Crippen LogP contribution in [0.1, 0.15) is 52.7 Å². The molecule has 0 heterocycles. The summed E-state index contributed by atoms with van der Waals surface area (Å²) in [5.41, 5.74) is 1.15. The third kappa shape index (κ3) is 6.52. The highest BCUT2D eigenvalue weighted by Crippen LogP contribution is 2.30. The summed E-state index contributed by atoms with van der Waals surface area (Å²) < 4.78 is 11.5. The third-order valence-electron chi connectivity index (χ3n) is 3.31. The summed E-state index contributed by atoms with van der Waals surface area (Å²) in [5.74, 6) is 1.65. The van der Waals surface area contributed by atoms with E-state index in [0.29, 0.717) is 6.61 Å². The van der Waals surface area contributed by atoms with Gasteiger partial charge in [0.05, 0.1) is 5.60 Å². The fourth-order valence-electron chi connectivity index (χ4n) is 1.74. The Morgan fingerprint density at radius 1 is 1.18 bits per heavy atom. The van der Waals surface area contributed by atoms with Gasteiger partial charge in [0, 0.05) is 0 Å². The number of ether oxygens (including phenoxy) is 2. The van der Waals surface area contributed by atoms with Gasteiger partial charge in [0.25, 0.3) is 0 Å². The lowest BCUT2D eigenvalue weighted by Gasteiger charge is -2.28. The third-order valence-corrected chi connectivity index (χ3v) is 3.31. The van der Waals surface area contributed by atoms with Crippen molar-refractivity contribution in [3.63, 3.8) is 0 Å². The molecule has 0 aliphatic heterocycles. The predicted molar refractivity (Wildman–Crippen MR) is 94.0 cm³/mol. The number of allylic oxidation sites excluding steroid dienone is 1. The molecule has 1 aromatic rings. The van der Waals surface area contributed by atoms with Gasteiger partial charge < -0.3 is 14.6 Å². The molecular weight excluding hydrogens is 276 g/mol. The van der Waals surface area contributed by atoms with Gasteiger partial charge >= 0.3 is 0 Å². The number of aryl methyl sites for hydroxylation is 2. The van der Waals surface area contributed by atoms with Crippen LogP contribution < -0.4 is 9.47 Å². The summed E-state index contributed by atoms with van der Waals surface area (Å²) in [6.45, 7) is 15.9. The van der Waals surface area contributed by atoms with Gasteiger partial charge in [-0.1, -0.05) is 26.0 Å². The first-order valence-corrected chi connectivity index (χ1v) is 8.00. The molecule has 22 heavy (non-hydrogen) atoms. The average Bonchev–Trinajstić information content (AvgIpc) is 2.44. The van der Waals surface area contributed by atoms with Crippen LogP contribution in [0, 0.1) is 13.8 Å². The minimum atomic E-state index is -0.875. The molecule has 0 fully saturated rings. The first kappa shape index (κ1) is 20.5. The van der Waals surface area contributed by atoms with Crippen LogP contribution in [0.25, 0.3) is 0 Å². The Morgan fingerprint density at radius 2 is 1.68 bits per heavy atom. The van der Waals surface area contributed by atoms with Crippen LogP contribution in [0.4, 0.5) is 0 Å². The molecule has 1 aromatic carbocycles. The first-order chi connectivity index (χ1) is 10.3. The maximum absolute atomic E-state index is 9.97. The van der Waals surface area contributed by atoms with E-state index in [9.17, 15) is 5.11 Å². The van der Waals surface area contributed by atoms with Crippen molar-refractivity contribution in [2.24, 2.45) is 0 Å². The molecule has 0 saturated carbocycles. The van der Waals surface area contributed by atoms with E-state index in [1.165, 1.54) is 0 Å². The minimum absolute atomic E-state index is 0.283. The van der Waals surface area contributed by atoms with Crippen molar-refractivity contribution in [1.82, 2.24) is 0 Å². The van der Waals surface area contributed by atoms with Gasteiger partial charge in [-0.2, -0.15) is 0 Å². The number of hydrogen-bond donors (Lipinski definition) is 1. The van der Waals surface area contributed by atoms with Crippen molar-refractivity contribution >= 4 is 0 Å². The molecule has 3 nitrogen and oxygen atoms in total. The first-order valence-electron chi connectivity index (χ1n) is 8.00. The van der Waals surface area contributed by atoms with Crippen LogP contribution in [0.15, 0.2) is 24.3 Å². The van der Waals surface area contributed by atoms with Gasteiger partial charge in [-0.15, -0.1) is 0 Å². The second kappa shape index (κ2) is 9.52. The van der Waals surface area contributed by atoms with Gasteiger partial charge in [-0.25, -0.2) is 0 Å². The maximum atomic E-state index is 9.97. The zero-order chi connectivity index (χ0) is 17.3. The van der Waals surface area contributed by atoms with Gasteiger partial charge in [0.2, 0.25) is 0 Å². The fraction of sp³-hybridized carbons (Fsp3) is 0.579. The highest BCUT2D eigenvalue weighted by atomic mass is 16.5. The summed E-state index contributed by atoms with van der Waals surface area (Å²) in [4.78, 5) is 0. The van der Waals surface area contributed by atoms with Gasteiger partial charge in [-0.3, -0.25) is 0 Å². The van der Waals surface area contributed by atoms with E-state index in [2.05, 4.69) is 0 Å². The minimum Gasteiger partial charge on any atom is -0.490 e. The summed E-state index contributed by atoms with van der Waals surface area (Å²) >= 11 is 0.